The summed E-state index contributed by atoms with van der Waals surface area (Å²) in [6.07, 6.45) is 2.64. The van der Waals surface area contributed by atoms with Gasteiger partial charge in [-0.3, -0.25) is 9.48 Å². The topological polar surface area (TPSA) is 87.5 Å². The average molecular weight is 296 g/mol. The number of hydrogen-bond donors (Lipinski definition) is 2. The van der Waals surface area contributed by atoms with E-state index in [0.29, 0.717) is 6.54 Å². The molecule has 0 atom stereocenters. The minimum absolute atomic E-state index is 0.330. The third-order valence-corrected chi connectivity index (χ3v) is 3.11. The van der Waals surface area contributed by atoms with Gasteiger partial charge < -0.3 is 15.3 Å². The second-order valence-corrected chi connectivity index (χ2v) is 5.94. The Morgan fingerprint density at radius 3 is 2.52 bits per heavy atom. The van der Waals surface area contributed by atoms with Gasteiger partial charge in [0.05, 0.1) is 5.69 Å². The van der Waals surface area contributed by atoms with Gasteiger partial charge in [0, 0.05) is 30.9 Å². The molecule has 0 aromatic carbocycles. The minimum Gasteiger partial charge on any atom is -0.480 e. The first-order valence-corrected chi connectivity index (χ1v) is 6.93. The van der Waals surface area contributed by atoms with Gasteiger partial charge in [-0.25, -0.2) is 4.79 Å². The van der Waals surface area contributed by atoms with E-state index in [1.807, 2.05) is 20.2 Å². The van der Waals surface area contributed by atoms with E-state index in [0.717, 1.165) is 17.7 Å². The fourth-order valence-corrected chi connectivity index (χ4v) is 2.04. The number of nitrogens with one attached hydrogen (secondary N) is 1. The molecule has 0 spiro atoms. The van der Waals surface area contributed by atoms with Crippen molar-refractivity contribution < 1.29 is 14.7 Å². The van der Waals surface area contributed by atoms with Gasteiger partial charge in [0.2, 0.25) is 0 Å². The third kappa shape index (κ3) is 4.77. The maximum atomic E-state index is 12.2. The first-order valence-electron chi connectivity index (χ1n) is 6.93. The van der Waals surface area contributed by atoms with Gasteiger partial charge in [-0.1, -0.05) is 6.92 Å². The van der Waals surface area contributed by atoms with E-state index in [4.69, 9.17) is 5.11 Å². The van der Waals surface area contributed by atoms with Crippen molar-refractivity contribution in [1.29, 1.82) is 0 Å². The Morgan fingerprint density at radius 1 is 1.43 bits per heavy atom. The molecular weight excluding hydrogens is 272 g/mol. The van der Waals surface area contributed by atoms with Crippen LogP contribution in [0.5, 0.6) is 0 Å². The molecule has 7 nitrogen and oxygen atoms in total. The Balaban J connectivity index is 2.75. The summed E-state index contributed by atoms with van der Waals surface area (Å²) < 4.78 is 1.71. The van der Waals surface area contributed by atoms with Gasteiger partial charge >= 0.3 is 12.0 Å². The summed E-state index contributed by atoms with van der Waals surface area (Å²) in [5, 5.41) is 16.0. The molecule has 118 valence electrons. The molecule has 0 radical (unpaired) electrons. The highest BCUT2D eigenvalue weighted by atomic mass is 16.4. The molecule has 2 amide bonds. The van der Waals surface area contributed by atoms with Crippen molar-refractivity contribution in [3.8, 4) is 0 Å². The van der Waals surface area contributed by atoms with E-state index in [1.54, 1.807) is 25.5 Å². The maximum Gasteiger partial charge on any atom is 0.323 e. The van der Waals surface area contributed by atoms with Crippen molar-refractivity contribution in [3.63, 3.8) is 0 Å². The van der Waals surface area contributed by atoms with Crippen LogP contribution in [-0.2, 0) is 24.8 Å². The van der Waals surface area contributed by atoms with E-state index in [9.17, 15) is 9.59 Å². The summed E-state index contributed by atoms with van der Waals surface area (Å²) in [6.45, 7) is 7.41. The van der Waals surface area contributed by atoms with Gasteiger partial charge in [0.15, 0.2) is 0 Å². The first-order chi connectivity index (χ1) is 9.65. The molecule has 2 N–H and O–H groups in total. The summed E-state index contributed by atoms with van der Waals surface area (Å²) in [6, 6.07) is -0.393. The van der Waals surface area contributed by atoms with Crippen LogP contribution in [0, 0.1) is 0 Å². The number of aromatic nitrogens is 2. The van der Waals surface area contributed by atoms with Crippen molar-refractivity contribution in [3.05, 3.63) is 17.5 Å². The zero-order chi connectivity index (χ0) is 16.2. The summed E-state index contributed by atoms with van der Waals surface area (Å²) in [4.78, 5) is 24.4. The molecule has 21 heavy (non-hydrogen) atoms. The summed E-state index contributed by atoms with van der Waals surface area (Å²) in [5.41, 5.74) is 1.31. The number of nitrogens with zero attached hydrogens (tertiary/aromatic N) is 3. The highest BCUT2D eigenvalue weighted by molar-refractivity contribution is 5.80. The van der Waals surface area contributed by atoms with Crippen molar-refractivity contribution in [2.24, 2.45) is 7.05 Å². The van der Waals surface area contributed by atoms with Crippen molar-refractivity contribution in [2.75, 3.05) is 6.54 Å². The normalized spacial score (nSPS) is 11.3. The van der Waals surface area contributed by atoms with Crippen molar-refractivity contribution in [1.82, 2.24) is 20.0 Å². The summed E-state index contributed by atoms with van der Waals surface area (Å²) >= 11 is 0. The van der Waals surface area contributed by atoms with Gasteiger partial charge in [-0.2, -0.15) is 5.10 Å². The first kappa shape index (κ1) is 17.0. The lowest BCUT2D eigenvalue weighted by Gasteiger charge is -2.34. The second kappa shape index (κ2) is 6.60. The van der Waals surface area contributed by atoms with Crippen LogP contribution in [0.3, 0.4) is 0 Å². The van der Waals surface area contributed by atoms with Crippen LogP contribution in [0.15, 0.2) is 6.20 Å². The number of rotatable bonds is 5. The predicted octanol–water partition coefficient (Wildman–Crippen LogP) is 1.38. The Hall–Kier alpha value is -2.05. The predicted molar refractivity (Wildman–Crippen MR) is 78.9 cm³/mol. The van der Waals surface area contributed by atoms with Crippen LogP contribution in [-0.4, -0.2) is 43.9 Å². The number of aliphatic carboxylic acids is 1. The fraction of sp³-hybridized carbons (Fsp3) is 0.643. The number of urea groups is 1. The van der Waals surface area contributed by atoms with Gasteiger partial charge in [-0.05, 0) is 27.2 Å². The van der Waals surface area contributed by atoms with E-state index in [1.165, 1.54) is 4.90 Å². The molecule has 1 aromatic rings. The van der Waals surface area contributed by atoms with E-state index < -0.39 is 17.5 Å². The molecule has 1 heterocycles. The highest BCUT2D eigenvalue weighted by Gasteiger charge is 2.28. The van der Waals surface area contributed by atoms with Crippen LogP contribution in [0.4, 0.5) is 4.79 Å². The molecule has 0 aliphatic rings. The third-order valence-electron chi connectivity index (χ3n) is 3.11. The van der Waals surface area contributed by atoms with E-state index in [2.05, 4.69) is 10.4 Å². The quantitative estimate of drug-likeness (QED) is 0.859. The standard InChI is InChI=1S/C14H24N4O3/c1-6-11-10(8-17(5)16-11)7-15-13(21)18(9-12(19)20)14(2,3)4/h8H,6-7,9H2,1-5H3,(H,15,21)(H,19,20). The number of carboxylic acid groups (broad SMARTS) is 1. The van der Waals surface area contributed by atoms with Crippen molar-refractivity contribution >= 4 is 12.0 Å². The Morgan fingerprint density at radius 2 is 2.05 bits per heavy atom. The lowest BCUT2D eigenvalue weighted by Crippen LogP contribution is -2.52. The molecule has 7 heteroatoms. The monoisotopic (exact) mass is 296 g/mol. The van der Waals surface area contributed by atoms with Gasteiger partial charge in [0.25, 0.3) is 0 Å². The number of amides is 2. The Kier molecular flexibility index (Phi) is 5.34. The Labute approximate surface area is 124 Å². The largest absolute Gasteiger partial charge is 0.480 e. The second-order valence-electron chi connectivity index (χ2n) is 5.94. The molecule has 1 rings (SSSR count). The Bertz CT molecular complexity index is 517. The lowest BCUT2D eigenvalue weighted by atomic mass is 10.1. The van der Waals surface area contributed by atoms with Crippen molar-refractivity contribution in [2.45, 2.75) is 46.2 Å². The number of hydrogen-bond acceptors (Lipinski definition) is 3. The average Bonchev–Trinajstić information content (AvgIpc) is 2.72. The molecule has 0 saturated carbocycles. The fourth-order valence-electron chi connectivity index (χ4n) is 2.04. The maximum absolute atomic E-state index is 12.2. The molecule has 0 aliphatic heterocycles. The minimum atomic E-state index is -1.03. The molecule has 0 bridgehead atoms. The van der Waals surface area contributed by atoms with Gasteiger partial charge in [-0.15, -0.1) is 0 Å². The zero-order valence-electron chi connectivity index (χ0n) is 13.3. The van der Waals surface area contributed by atoms with Crippen LogP contribution in [0.25, 0.3) is 0 Å². The number of carboxylic acids is 1. The highest BCUT2D eigenvalue weighted by Crippen LogP contribution is 2.14. The van der Waals surface area contributed by atoms with Crippen LogP contribution in [0.2, 0.25) is 0 Å². The molecule has 0 saturated heterocycles. The molecule has 0 unspecified atom stereocenters. The number of carbonyl (C=O) groups excluding carboxylic acids is 1. The van der Waals surface area contributed by atoms with E-state index in [-0.39, 0.29) is 6.54 Å². The van der Waals surface area contributed by atoms with Crippen LogP contribution < -0.4 is 5.32 Å². The van der Waals surface area contributed by atoms with Gasteiger partial charge in [0.1, 0.15) is 6.54 Å². The molecule has 0 aliphatic carbocycles. The number of aryl methyl sites for hydroxylation is 2. The number of carbonyl (C=O) groups is 2. The molecular formula is C14H24N4O3. The molecule has 0 fully saturated rings. The zero-order valence-corrected chi connectivity index (χ0v) is 13.3. The summed E-state index contributed by atoms with van der Waals surface area (Å²) in [5.74, 6) is -1.03. The van der Waals surface area contributed by atoms with Crippen LogP contribution >= 0.6 is 0 Å². The summed E-state index contributed by atoms with van der Waals surface area (Å²) in [7, 11) is 1.83. The SMILES string of the molecule is CCc1nn(C)cc1CNC(=O)N(CC(=O)O)C(C)(C)C. The lowest BCUT2D eigenvalue weighted by molar-refractivity contribution is -0.138. The molecule has 1 aromatic heterocycles. The smallest absolute Gasteiger partial charge is 0.323 e. The van der Waals surface area contributed by atoms with E-state index >= 15 is 0 Å². The van der Waals surface area contributed by atoms with Crippen LogP contribution in [0.1, 0.15) is 39.0 Å².